The maximum atomic E-state index is 12.3. The maximum absolute atomic E-state index is 12.3. The summed E-state index contributed by atoms with van der Waals surface area (Å²) in [6.07, 6.45) is 0. The Hall–Kier alpha value is -3.16. The summed E-state index contributed by atoms with van der Waals surface area (Å²) in [5, 5.41) is 2.61. The van der Waals surface area contributed by atoms with Crippen LogP contribution in [0.25, 0.3) is 0 Å². The van der Waals surface area contributed by atoms with E-state index in [4.69, 9.17) is 9.47 Å². The molecule has 8 heteroatoms. The van der Waals surface area contributed by atoms with Crippen LogP contribution in [0.15, 0.2) is 48.5 Å². The van der Waals surface area contributed by atoms with Gasteiger partial charge < -0.3 is 19.5 Å². The number of hydrogen-bond acceptors (Lipinski definition) is 5. The lowest BCUT2D eigenvalue weighted by atomic mass is 10.2. The SMILES string of the molecule is COc1cc(C(=O)OCC(=O)NCc2ccccc2)ccc1OC(F)F. The lowest BCUT2D eigenvalue weighted by Gasteiger charge is -2.11. The molecule has 1 N–H and O–H groups in total. The van der Waals surface area contributed by atoms with Crippen LogP contribution in [0.1, 0.15) is 15.9 Å². The fourth-order valence-electron chi connectivity index (χ4n) is 2.05. The van der Waals surface area contributed by atoms with Crippen molar-refractivity contribution >= 4 is 11.9 Å². The molecule has 1 amide bonds. The van der Waals surface area contributed by atoms with Crippen LogP contribution in [0.5, 0.6) is 11.5 Å². The molecule has 0 aliphatic heterocycles. The molecule has 0 saturated heterocycles. The van der Waals surface area contributed by atoms with E-state index in [2.05, 4.69) is 10.1 Å². The normalized spacial score (nSPS) is 10.3. The summed E-state index contributed by atoms with van der Waals surface area (Å²) in [5.74, 6) is -1.51. The molecule has 0 aliphatic rings. The molecule has 0 radical (unpaired) electrons. The summed E-state index contributed by atoms with van der Waals surface area (Å²) in [6, 6.07) is 12.8. The molecule has 2 aromatic rings. The van der Waals surface area contributed by atoms with Crippen molar-refractivity contribution in [1.29, 1.82) is 0 Å². The molecule has 0 bridgehead atoms. The van der Waals surface area contributed by atoms with E-state index in [1.807, 2.05) is 30.3 Å². The van der Waals surface area contributed by atoms with Crippen molar-refractivity contribution in [2.45, 2.75) is 13.2 Å². The summed E-state index contributed by atoms with van der Waals surface area (Å²) < 4.78 is 38.7. The van der Waals surface area contributed by atoms with Crippen molar-refractivity contribution in [1.82, 2.24) is 5.32 Å². The van der Waals surface area contributed by atoms with E-state index in [-0.39, 0.29) is 17.1 Å². The smallest absolute Gasteiger partial charge is 0.387 e. The van der Waals surface area contributed by atoms with Crippen LogP contribution in [-0.2, 0) is 16.1 Å². The van der Waals surface area contributed by atoms with Gasteiger partial charge in [-0.1, -0.05) is 30.3 Å². The molecule has 138 valence electrons. The third-order valence-electron chi connectivity index (χ3n) is 3.28. The molecule has 0 unspecified atom stereocenters. The predicted octanol–water partition coefficient (Wildman–Crippen LogP) is 2.77. The van der Waals surface area contributed by atoms with E-state index in [9.17, 15) is 18.4 Å². The van der Waals surface area contributed by atoms with Crippen LogP contribution in [0.2, 0.25) is 0 Å². The molecule has 0 aliphatic carbocycles. The second-order valence-corrected chi connectivity index (χ2v) is 5.08. The Morgan fingerprint density at radius 3 is 2.46 bits per heavy atom. The van der Waals surface area contributed by atoms with Gasteiger partial charge >= 0.3 is 12.6 Å². The third-order valence-corrected chi connectivity index (χ3v) is 3.28. The van der Waals surface area contributed by atoms with Crippen LogP contribution >= 0.6 is 0 Å². The van der Waals surface area contributed by atoms with Crippen LogP contribution in [-0.4, -0.2) is 32.2 Å². The van der Waals surface area contributed by atoms with Crippen molar-refractivity contribution in [2.75, 3.05) is 13.7 Å². The fourth-order valence-corrected chi connectivity index (χ4v) is 2.05. The van der Waals surface area contributed by atoms with Crippen molar-refractivity contribution < 1.29 is 32.6 Å². The van der Waals surface area contributed by atoms with Gasteiger partial charge in [-0.3, -0.25) is 4.79 Å². The van der Waals surface area contributed by atoms with E-state index in [0.717, 1.165) is 11.6 Å². The minimum Gasteiger partial charge on any atom is -0.493 e. The molecule has 0 atom stereocenters. The van der Waals surface area contributed by atoms with Gasteiger partial charge in [0.25, 0.3) is 5.91 Å². The molecular formula is C18H17F2NO5. The summed E-state index contributed by atoms with van der Waals surface area (Å²) in [6.45, 7) is -3.18. The average Bonchev–Trinajstić information content (AvgIpc) is 2.65. The number of carbonyl (C=O) groups excluding carboxylic acids is 2. The highest BCUT2D eigenvalue weighted by Gasteiger charge is 2.16. The average molecular weight is 365 g/mol. The van der Waals surface area contributed by atoms with Gasteiger partial charge in [0.1, 0.15) is 0 Å². The summed E-state index contributed by atoms with van der Waals surface area (Å²) in [5.41, 5.74) is 0.950. The first-order chi connectivity index (χ1) is 12.5. The molecule has 2 aromatic carbocycles. The maximum Gasteiger partial charge on any atom is 0.387 e. The molecule has 26 heavy (non-hydrogen) atoms. The lowest BCUT2D eigenvalue weighted by Crippen LogP contribution is -2.28. The number of alkyl halides is 2. The second-order valence-electron chi connectivity index (χ2n) is 5.08. The zero-order chi connectivity index (χ0) is 18.9. The number of amides is 1. The van der Waals surface area contributed by atoms with Gasteiger partial charge in [0, 0.05) is 6.54 Å². The Bertz CT molecular complexity index is 753. The standard InChI is InChI=1S/C18H17F2NO5/c1-24-15-9-13(7-8-14(15)26-18(19)20)17(23)25-11-16(22)21-10-12-5-3-2-4-6-12/h2-9,18H,10-11H2,1H3,(H,21,22). The monoisotopic (exact) mass is 365 g/mol. The summed E-state index contributed by atoms with van der Waals surface area (Å²) in [7, 11) is 1.25. The van der Waals surface area contributed by atoms with Gasteiger partial charge in [0.15, 0.2) is 18.1 Å². The number of hydrogen-bond donors (Lipinski definition) is 1. The zero-order valence-corrected chi connectivity index (χ0v) is 13.9. The second kappa shape index (κ2) is 9.36. The van der Waals surface area contributed by atoms with Gasteiger partial charge in [-0.25, -0.2) is 4.79 Å². The zero-order valence-electron chi connectivity index (χ0n) is 13.9. The van der Waals surface area contributed by atoms with Crippen LogP contribution < -0.4 is 14.8 Å². The fraction of sp³-hybridized carbons (Fsp3) is 0.222. The van der Waals surface area contributed by atoms with Crippen LogP contribution in [0.3, 0.4) is 0 Å². The first kappa shape index (κ1) is 19.2. The highest BCUT2D eigenvalue weighted by molar-refractivity contribution is 5.92. The Balaban J connectivity index is 1.87. The van der Waals surface area contributed by atoms with Gasteiger partial charge in [0.05, 0.1) is 12.7 Å². The number of nitrogens with one attached hydrogen (secondary N) is 1. The van der Waals surface area contributed by atoms with Crippen molar-refractivity contribution in [3.05, 3.63) is 59.7 Å². The Kier molecular flexibility index (Phi) is 6.90. The number of carbonyl (C=O) groups is 2. The molecule has 6 nitrogen and oxygen atoms in total. The van der Waals surface area contributed by atoms with Gasteiger partial charge in [-0.05, 0) is 23.8 Å². The largest absolute Gasteiger partial charge is 0.493 e. The van der Waals surface area contributed by atoms with E-state index >= 15 is 0 Å². The van der Waals surface area contributed by atoms with E-state index in [1.54, 1.807) is 0 Å². The predicted molar refractivity (Wildman–Crippen MR) is 88.2 cm³/mol. The minimum atomic E-state index is -3.02. The van der Waals surface area contributed by atoms with Gasteiger partial charge in [-0.15, -0.1) is 0 Å². The molecular weight excluding hydrogens is 348 g/mol. The summed E-state index contributed by atoms with van der Waals surface area (Å²) >= 11 is 0. The first-order valence-corrected chi connectivity index (χ1v) is 7.60. The molecule has 0 fully saturated rings. The molecule has 2 rings (SSSR count). The van der Waals surface area contributed by atoms with E-state index in [1.165, 1.54) is 19.2 Å². The Morgan fingerprint density at radius 1 is 1.08 bits per heavy atom. The first-order valence-electron chi connectivity index (χ1n) is 7.60. The van der Waals surface area contributed by atoms with Crippen molar-refractivity contribution in [2.24, 2.45) is 0 Å². The van der Waals surface area contributed by atoms with E-state index < -0.39 is 25.1 Å². The highest BCUT2D eigenvalue weighted by atomic mass is 19.3. The van der Waals surface area contributed by atoms with Gasteiger partial charge in [0.2, 0.25) is 0 Å². The highest BCUT2D eigenvalue weighted by Crippen LogP contribution is 2.29. The number of halogens is 2. The molecule has 0 aromatic heterocycles. The van der Waals surface area contributed by atoms with Crippen molar-refractivity contribution in [3.63, 3.8) is 0 Å². The third kappa shape index (κ3) is 5.73. The number of methoxy groups -OCH3 is 1. The number of esters is 1. The Labute approximate surface area is 148 Å². The Morgan fingerprint density at radius 2 is 1.81 bits per heavy atom. The summed E-state index contributed by atoms with van der Waals surface area (Å²) in [4.78, 5) is 23.7. The molecule has 0 heterocycles. The van der Waals surface area contributed by atoms with Gasteiger partial charge in [-0.2, -0.15) is 8.78 Å². The van der Waals surface area contributed by atoms with Crippen molar-refractivity contribution in [3.8, 4) is 11.5 Å². The minimum absolute atomic E-state index is 0.0410. The molecule has 0 saturated carbocycles. The van der Waals surface area contributed by atoms with Crippen LogP contribution in [0, 0.1) is 0 Å². The number of rotatable bonds is 8. The molecule has 0 spiro atoms. The quantitative estimate of drug-likeness (QED) is 0.728. The number of ether oxygens (including phenoxy) is 3. The number of benzene rings is 2. The van der Waals surface area contributed by atoms with Crippen LogP contribution in [0.4, 0.5) is 8.78 Å². The van der Waals surface area contributed by atoms with E-state index in [0.29, 0.717) is 6.54 Å². The lowest BCUT2D eigenvalue weighted by molar-refractivity contribution is -0.124. The topological polar surface area (TPSA) is 73.9 Å².